The predicted molar refractivity (Wildman–Crippen MR) is 88.3 cm³/mol. The molecule has 0 aliphatic heterocycles. The molecule has 2 aliphatic carbocycles. The summed E-state index contributed by atoms with van der Waals surface area (Å²) in [4.78, 5) is -0.451. The lowest BCUT2D eigenvalue weighted by Crippen LogP contribution is -2.23. The van der Waals surface area contributed by atoms with Gasteiger partial charge in [0.2, 0.25) is 0 Å². The molecule has 4 rings (SSSR count). The second-order valence-corrected chi connectivity index (χ2v) is 8.50. The number of sulfonamides is 1. The molecule has 25 heavy (non-hydrogen) atoms. The molecule has 0 saturated heterocycles. The van der Waals surface area contributed by atoms with E-state index in [1.807, 2.05) is 0 Å². The molecule has 1 unspecified atom stereocenters. The minimum absolute atomic E-state index is 0.0132. The molecule has 0 radical (unpaired) electrons. The molecule has 1 aromatic heterocycles. The van der Waals surface area contributed by atoms with E-state index >= 15 is 0 Å². The average molecular weight is 366 g/mol. The van der Waals surface area contributed by atoms with Gasteiger partial charge in [0.15, 0.2) is 5.82 Å². The minimum atomic E-state index is -4.09. The van der Waals surface area contributed by atoms with Crippen molar-refractivity contribution in [3.8, 4) is 5.75 Å². The zero-order valence-corrected chi connectivity index (χ0v) is 14.6. The fraction of sp³-hybridized carbons (Fsp3) is 0.471. The summed E-state index contributed by atoms with van der Waals surface area (Å²) in [7, 11) is -4.09. The molecule has 0 amide bonds. The van der Waals surface area contributed by atoms with Gasteiger partial charge in [-0.25, -0.2) is 12.8 Å². The van der Waals surface area contributed by atoms with E-state index in [4.69, 9.17) is 9.26 Å². The van der Waals surface area contributed by atoms with E-state index < -0.39 is 20.7 Å². The van der Waals surface area contributed by atoms with Gasteiger partial charge in [-0.3, -0.25) is 4.72 Å². The van der Waals surface area contributed by atoms with Crippen LogP contribution in [-0.4, -0.2) is 19.7 Å². The highest BCUT2D eigenvalue weighted by Gasteiger charge is 2.41. The van der Waals surface area contributed by atoms with Crippen LogP contribution in [0.2, 0.25) is 0 Å². The third-order valence-electron chi connectivity index (χ3n) is 5.02. The molecule has 2 saturated carbocycles. The van der Waals surface area contributed by atoms with E-state index in [0.717, 1.165) is 24.8 Å². The van der Waals surface area contributed by atoms with Crippen LogP contribution in [0, 0.1) is 24.6 Å². The molecule has 134 valence electrons. The number of ether oxygens (including phenoxy) is 1. The van der Waals surface area contributed by atoms with E-state index in [0.29, 0.717) is 17.4 Å². The first kappa shape index (κ1) is 16.4. The minimum Gasteiger partial charge on any atom is -0.490 e. The molecular formula is C17H19FN2O4S. The van der Waals surface area contributed by atoms with Gasteiger partial charge in [-0.15, -0.1) is 0 Å². The highest BCUT2D eigenvalue weighted by Crippen LogP contribution is 2.46. The smallest absolute Gasteiger partial charge is 0.266 e. The van der Waals surface area contributed by atoms with Gasteiger partial charge in [0, 0.05) is 12.1 Å². The lowest BCUT2D eigenvalue weighted by molar-refractivity contribution is 0.138. The third-order valence-corrected chi connectivity index (χ3v) is 6.41. The van der Waals surface area contributed by atoms with Crippen molar-refractivity contribution in [3.63, 3.8) is 0 Å². The van der Waals surface area contributed by atoms with Gasteiger partial charge < -0.3 is 9.26 Å². The van der Waals surface area contributed by atoms with Gasteiger partial charge in [-0.2, -0.15) is 0 Å². The Labute approximate surface area is 145 Å². The molecule has 1 heterocycles. The summed E-state index contributed by atoms with van der Waals surface area (Å²) in [6, 6.07) is 5.27. The van der Waals surface area contributed by atoms with Gasteiger partial charge in [-0.05, 0) is 56.6 Å². The molecule has 1 aromatic carbocycles. The standard InChI is InChI=1S/C17H19FN2O4S/c1-10-6-17(19-24-10)20-25(21,22)16-5-4-13(9-14(16)18)23-15-8-11-2-3-12(15)7-11/h4-6,9,11-12,15H,2-3,7-8H2,1H3,(H,19,20)/t11-,12?,15-/m0/s1. The number of aromatic nitrogens is 1. The number of anilines is 1. The van der Waals surface area contributed by atoms with Crippen molar-refractivity contribution >= 4 is 15.8 Å². The van der Waals surface area contributed by atoms with Gasteiger partial charge in [0.25, 0.3) is 10.0 Å². The van der Waals surface area contributed by atoms with Crippen molar-refractivity contribution in [2.45, 2.75) is 43.6 Å². The summed E-state index contributed by atoms with van der Waals surface area (Å²) in [5, 5.41) is 3.55. The molecule has 8 heteroatoms. The molecule has 2 aromatic rings. The quantitative estimate of drug-likeness (QED) is 0.876. The summed E-state index contributed by atoms with van der Waals surface area (Å²) in [5.41, 5.74) is 0. The van der Waals surface area contributed by atoms with Gasteiger partial charge in [0.05, 0.1) is 0 Å². The van der Waals surface area contributed by atoms with Crippen molar-refractivity contribution in [2.24, 2.45) is 11.8 Å². The molecule has 2 fully saturated rings. The van der Waals surface area contributed by atoms with Gasteiger partial charge in [0.1, 0.15) is 28.3 Å². The van der Waals surface area contributed by atoms with Crippen LogP contribution in [0.3, 0.4) is 0 Å². The van der Waals surface area contributed by atoms with Crippen LogP contribution in [0.15, 0.2) is 33.7 Å². The zero-order chi connectivity index (χ0) is 17.6. The molecule has 2 bridgehead atoms. The van der Waals surface area contributed by atoms with Crippen LogP contribution in [-0.2, 0) is 10.0 Å². The van der Waals surface area contributed by atoms with Crippen LogP contribution >= 0.6 is 0 Å². The summed E-state index contributed by atoms with van der Waals surface area (Å²) in [5.74, 6) is 1.23. The van der Waals surface area contributed by atoms with E-state index in [9.17, 15) is 12.8 Å². The Balaban J connectivity index is 1.51. The Kier molecular flexibility index (Phi) is 3.94. The van der Waals surface area contributed by atoms with Crippen molar-refractivity contribution in [1.82, 2.24) is 5.16 Å². The maximum Gasteiger partial charge on any atom is 0.266 e. The zero-order valence-electron chi connectivity index (χ0n) is 13.7. The van der Waals surface area contributed by atoms with Crippen LogP contribution in [0.25, 0.3) is 0 Å². The topological polar surface area (TPSA) is 81.4 Å². The number of aryl methyl sites for hydroxylation is 1. The fourth-order valence-corrected chi connectivity index (χ4v) is 4.93. The highest BCUT2D eigenvalue weighted by atomic mass is 32.2. The predicted octanol–water partition coefficient (Wildman–Crippen LogP) is 3.49. The Morgan fingerprint density at radius 2 is 2.12 bits per heavy atom. The highest BCUT2D eigenvalue weighted by molar-refractivity contribution is 7.92. The Morgan fingerprint density at radius 3 is 2.72 bits per heavy atom. The van der Waals surface area contributed by atoms with E-state index in [1.165, 1.54) is 31.0 Å². The molecule has 3 atom stereocenters. The van der Waals surface area contributed by atoms with Crippen molar-refractivity contribution < 1.29 is 22.1 Å². The van der Waals surface area contributed by atoms with Crippen molar-refractivity contribution in [3.05, 3.63) is 35.8 Å². The summed E-state index contributed by atoms with van der Waals surface area (Å²) in [6.45, 7) is 1.63. The third kappa shape index (κ3) is 3.22. The van der Waals surface area contributed by atoms with Gasteiger partial charge >= 0.3 is 0 Å². The second kappa shape index (κ2) is 6.01. The lowest BCUT2D eigenvalue weighted by Gasteiger charge is -2.23. The summed E-state index contributed by atoms with van der Waals surface area (Å²) < 4.78 is 51.9. The number of fused-ring (bicyclic) bond motifs is 2. The fourth-order valence-electron chi connectivity index (χ4n) is 3.89. The Morgan fingerprint density at radius 1 is 1.28 bits per heavy atom. The number of hydrogen-bond acceptors (Lipinski definition) is 5. The number of nitrogens with one attached hydrogen (secondary N) is 1. The Bertz CT molecular complexity index is 896. The first-order valence-electron chi connectivity index (χ1n) is 8.33. The normalized spacial score (nSPS) is 25.3. The summed E-state index contributed by atoms with van der Waals surface area (Å²) >= 11 is 0. The molecule has 0 spiro atoms. The summed E-state index contributed by atoms with van der Waals surface area (Å²) in [6.07, 6.45) is 4.70. The number of halogens is 1. The van der Waals surface area contributed by atoms with Crippen LogP contribution in [0.4, 0.5) is 10.2 Å². The lowest BCUT2D eigenvalue weighted by atomic mass is 9.98. The number of rotatable bonds is 5. The van der Waals surface area contributed by atoms with Crippen LogP contribution in [0.5, 0.6) is 5.75 Å². The van der Waals surface area contributed by atoms with Crippen LogP contribution in [0.1, 0.15) is 31.4 Å². The molecule has 1 N–H and O–H groups in total. The second-order valence-electron chi connectivity index (χ2n) is 6.85. The molecule has 2 aliphatic rings. The number of benzene rings is 1. The molecular weight excluding hydrogens is 347 g/mol. The van der Waals surface area contributed by atoms with E-state index in [1.54, 1.807) is 6.92 Å². The number of hydrogen-bond donors (Lipinski definition) is 1. The monoisotopic (exact) mass is 366 g/mol. The number of nitrogens with zero attached hydrogens (tertiary/aromatic N) is 1. The van der Waals surface area contributed by atoms with E-state index in [-0.39, 0.29) is 11.9 Å². The van der Waals surface area contributed by atoms with Crippen molar-refractivity contribution in [1.29, 1.82) is 0 Å². The van der Waals surface area contributed by atoms with Crippen LogP contribution < -0.4 is 9.46 Å². The van der Waals surface area contributed by atoms with Gasteiger partial charge in [-0.1, -0.05) is 5.16 Å². The average Bonchev–Trinajstić information content (AvgIpc) is 3.24. The SMILES string of the molecule is Cc1cc(NS(=O)(=O)c2ccc(O[C@H]3C[C@H]4CCC3C4)cc2F)no1. The maximum atomic E-state index is 14.4. The van der Waals surface area contributed by atoms with Crippen molar-refractivity contribution in [2.75, 3.05) is 4.72 Å². The largest absolute Gasteiger partial charge is 0.490 e. The van der Waals surface area contributed by atoms with E-state index in [2.05, 4.69) is 9.88 Å². The first-order valence-corrected chi connectivity index (χ1v) is 9.81. The first-order chi connectivity index (χ1) is 11.9. The Hall–Kier alpha value is -2.09. The molecule has 6 nitrogen and oxygen atoms in total. The maximum absolute atomic E-state index is 14.4.